The highest BCUT2D eigenvalue weighted by Gasteiger charge is 2.27. The van der Waals surface area contributed by atoms with Crippen LogP contribution in [0.2, 0.25) is 0 Å². The molecule has 1 amide bonds. The Bertz CT molecular complexity index is 1310. The maximum atomic E-state index is 13.0. The number of benzene rings is 2. The first-order valence-electron chi connectivity index (χ1n) is 10.9. The van der Waals surface area contributed by atoms with Gasteiger partial charge in [0.1, 0.15) is 5.37 Å². The number of nitrogens with zero attached hydrogens (tertiary/aromatic N) is 2. The molecule has 0 radical (unpaired) electrons. The van der Waals surface area contributed by atoms with E-state index in [4.69, 9.17) is 0 Å². The second-order valence-corrected chi connectivity index (χ2v) is 9.02. The van der Waals surface area contributed by atoms with Crippen LogP contribution in [0.4, 0.5) is 5.69 Å². The fourth-order valence-corrected chi connectivity index (χ4v) is 5.35. The van der Waals surface area contributed by atoms with Crippen molar-refractivity contribution in [2.24, 2.45) is 0 Å². The van der Waals surface area contributed by atoms with E-state index in [1.165, 1.54) is 5.56 Å². The van der Waals surface area contributed by atoms with Crippen molar-refractivity contribution in [1.29, 1.82) is 0 Å². The molecule has 5 rings (SSSR count). The molecule has 0 aliphatic carbocycles. The van der Waals surface area contributed by atoms with Crippen LogP contribution in [-0.2, 0) is 12.2 Å². The number of nitrogens with one attached hydrogen (secondary N) is 1. The zero-order chi connectivity index (χ0) is 22.8. The number of fused-ring (bicyclic) bond motifs is 1. The first-order chi connectivity index (χ1) is 16.1. The molecule has 0 fully saturated rings. The Morgan fingerprint density at radius 3 is 2.61 bits per heavy atom. The van der Waals surface area contributed by atoms with Crippen LogP contribution in [0, 0.1) is 0 Å². The third-order valence-electron chi connectivity index (χ3n) is 5.88. The number of anilines is 1. The van der Waals surface area contributed by atoms with Crippen molar-refractivity contribution >= 4 is 29.1 Å². The Labute approximate surface area is 196 Å². The normalized spacial score (nSPS) is 14.6. The molecule has 0 spiro atoms. The van der Waals surface area contributed by atoms with Crippen molar-refractivity contribution in [1.82, 2.24) is 9.55 Å². The molecule has 2 aromatic carbocycles. The minimum absolute atomic E-state index is 0.0900. The average Bonchev–Trinajstić information content (AvgIpc) is 3.47. The summed E-state index contributed by atoms with van der Waals surface area (Å²) in [7, 11) is 0. The lowest BCUT2D eigenvalue weighted by molar-refractivity contribution is 0.102. The molecule has 0 saturated carbocycles. The summed E-state index contributed by atoms with van der Waals surface area (Å²) in [6, 6.07) is 20.4. The zero-order valence-electron chi connectivity index (χ0n) is 18.2. The van der Waals surface area contributed by atoms with Crippen LogP contribution in [0.1, 0.15) is 55.4 Å². The summed E-state index contributed by atoms with van der Waals surface area (Å²) in [5.74, 6) is 0.483. The topological polar surface area (TPSA) is 64.0 Å². The predicted octanol–water partition coefficient (Wildman–Crippen LogP) is 5.72. The van der Waals surface area contributed by atoms with Gasteiger partial charge in [0.2, 0.25) is 0 Å². The van der Waals surface area contributed by atoms with Gasteiger partial charge >= 0.3 is 0 Å². The quantitative estimate of drug-likeness (QED) is 0.379. The van der Waals surface area contributed by atoms with Crippen LogP contribution in [-0.4, -0.2) is 21.2 Å². The molecule has 1 aliphatic rings. The van der Waals surface area contributed by atoms with Gasteiger partial charge in [0, 0.05) is 46.6 Å². The fourth-order valence-electron chi connectivity index (χ4n) is 4.04. The van der Waals surface area contributed by atoms with Gasteiger partial charge < -0.3 is 9.88 Å². The molecule has 3 heterocycles. The summed E-state index contributed by atoms with van der Waals surface area (Å²) >= 11 is 1.80. The van der Waals surface area contributed by atoms with Gasteiger partial charge in [0.05, 0.1) is 11.4 Å². The van der Waals surface area contributed by atoms with Crippen molar-refractivity contribution < 1.29 is 9.59 Å². The molecule has 0 bridgehead atoms. The van der Waals surface area contributed by atoms with E-state index < -0.39 is 0 Å². The Morgan fingerprint density at radius 2 is 1.85 bits per heavy atom. The minimum atomic E-state index is -0.227. The molecule has 0 saturated heterocycles. The number of pyridine rings is 1. The molecular formula is C27H23N3O2S. The predicted molar refractivity (Wildman–Crippen MR) is 132 cm³/mol. The number of aromatic nitrogens is 2. The second-order valence-electron chi connectivity index (χ2n) is 7.95. The number of amides is 1. The van der Waals surface area contributed by atoms with Crippen LogP contribution in [0.3, 0.4) is 0 Å². The van der Waals surface area contributed by atoms with Gasteiger partial charge in [-0.2, -0.15) is 0 Å². The lowest BCUT2D eigenvalue weighted by Gasteiger charge is -2.12. The van der Waals surface area contributed by atoms with Crippen molar-refractivity contribution in [2.75, 3.05) is 5.32 Å². The van der Waals surface area contributed by atoms with Gasteiger partial charge in [-0.15, -0.1) is 11.8 Å². The maximum absolute atomic E-state index is 13.0. The minimum Gasteiger partial charge on any atom is -0.332 e. The SMILES string of the molecule is CCc1ccc(C(=O)c2cccc(C(=O)Nc3ccn4c3CSC4c3cccnc3)c2)cc1. The van der Waals surface area contributed by atoms with Crippen molar-refractivity contribution in [3.05, 3.63) is 119 Å². The van der Waals surface area contributed by atoms with Crippen molar-refractivity contribution in [3.63, 3.8) is 0 Å². The summed E-state index contributed by atoms with van der Waals surface area (Å²) in [6.45, 7) is 2.08. The Morgan fingerprint density at radius 1 is 1.03 bits per heavy atom. The second kappa shape index (κ2) is 9.08. The number of aryl methyl sites for hydroxylation is 1. The van der Waals surface area contributed by atoms with E-state index in [1.54, 1.807) is 42.2 Å². The smallest absolute Gasteiger partial charge is 0.255 e. The number of hydrogen-bond donors (Lipinski definition) is 1. The van der Waals surface area contributed by atoms with Crippen LogP contribution < -0.4 is 5.32 Å². The molecule has 164 valence electrons. The highest BCUT2D eigenvalue weighted by atomic mass is 32.2. The van der Waals surface area contributed by atoms with Crippen LogP contribution in [0.5, 0.6) is 0 Å². The number of thioether (sulfide) groups is 1. The third kappa shape index (κ3) is 4.22. The molecule has 2 aromatic heterocycles. The largest absolute Gasteiger partial charge is 0.332 e. The van der Waals surface area contributed by atoms with E-state index in [0.29, 0.717) is 16.7 Å². The molecule has 33 heavy (non-hydrogen) atoms. The summed E-state index contributed by atoms with van der Waals surface area (Å²) in [6.07, 6.45) is 6.58. The highest BCUT2D eigenvalue weighted by molar-refractivity contribution is 7.99. The van der Waals surface area contributed by atoms with Crippen LogP contribution in [0.15, 0.2) is 85.3 Å². The van der Waals surface area contributed by atoms with Gasteiger partial charge in [-0.25, -0.2) is 0 Å². The van der Waals surface area contributed by atoms with E-state index in [2.05, 4.69) is 27.9 Å². The van der Waals surface area contributed by atoms with E-state index in [-0.39, 0.29) is 17.1 Å². The summed E-state index contributed by atoms with van der Waals surface area (Å²) in [5, 5.41) is 3.18. The van der Waals surface area contributed by atoms with Gasteiger partial charge in [0.25, 0.3) is 5.91 Å². The number of rotatable bonds is 6. The fraction of sp³-hybridized carbons (Fsp3) is 0.148. The van der Waals surface area contributed by atoms with E-state index in [0.717, 1.165) is 29.1 Å². The van der Waals surface area contributed by atoms with Gasteiger partial charge in [-0.3, -0.25) is 14.6 Å². The number of hydrogen-bond acceptors (Lipinski definition) is 4. The Balaban J connectivity index is 1.34. The van der Waals surface area contributed by atoms with Gasteiger partial charge in [-0.1, -0.05) is 49.4 Å². The molecule has 1 unspecified atom stereocenters. The number of ketones is 1. The first kappa shape index (κ1) is 21.2. The average molecular weight is 454 g/mol. The monoisotopic (exact) mass is 453 g/mol. The Hall–Kier alpha value is -3.64. The van der Waals surface area contributed by atoms with Gasteiger partial charge in [-0.05, 0) is 36.2 Å². The zero-order valence-corrected chi connectivity index (χ0v) is 19.0. The first-order valence-corrected chi connectivity index (χ1v) is 11.9. The van der Waals surface area contributed by atoms with Crippen LogP contribution in [0.25, 0.3) is 0 Å². The van der Waals surface area contributed by atoms with E-state index in [1.807, 2.05) is 48.8 Å². The molecule has 1 N–H and O–H groups in total. The van der Waals surface area contributed by atoms with Crippen LogP contribution >= 0.6 is 11.8 Å². The standard InChI is InChI=1S/C27H23N3O2S/c1-2-18-8-10-19(11-9-18)25(31)20-5-3-6-21(15-20)26(32)29-23-12-14-30-24(23)17-33-27(30)22-7-4-13-28-16-22/h3-16,27H,2,17H2,1H3,(H,29,32). The summed E-state index contributed by atoms with van der Waals surface area (Å²) in [4.78, 5) is 30.2. The third-order valence-corrected chi connectivity index (χ3v) is 7.14. The molecule has 1 atom stereocenters. The van der Waals surface area contributed by atoms with Crippen molar-refractivity contribution in [2.45, 2.75) is 24.5 Å². The molecule has 6 heteroatoms. The van der Waals surface area contributed by atoms with Crippen molar-refractivity contribution in [3.8, 4) is 0 Å². The molecule has 4 aromatic rings. The maximum Gasteiger partial charge on any atom is 0.255 e. The molecule has 1 aliphatic heterocycles. The van der Waals surface area contributed by atoms with Gasteiger partial charge in [0.15, 0.2) is 5.78 Å². The summed E-state index contributed by atoms with van der Waals surface area (Å²) in [5.41, 5.74) is 5.77. The van der Waals surface area contributed by atoms with E-state index >= 15 is 0 Å². The molecular weight excluding hydrogens is 430 g/mol. The lowest BCUT2D eigenvalue weighted by Crippen LogP contribution is -2.14. The van der Waals surface area contributed by atoms with E-state index in [9.17, 15) is 9.59 Å². The number of carbonyl (C=O) groups excluding carboxylic acids is 2. The Kier molecular flexibility index (Phi) is 5.84. The molecule has 5 nitrogen and oxygen atoms in total. The number of carbonyl (C=O) groups is 2. The highest BCUT2D eigenvalue weighted by Crippen LogP contribution is 2.43. The summed E-state index contributed by atoms with van der Waals surface area (Å²) < 4.78 is 2.18. The lowest BCUT2D eigenvalue weighted by atomic mass is 9.99.